The van der Waals surface area contributed by atoms with E-state index in [4.69, 9.17) is 21.8 Å². The van der Waals surface area contributed by atoms with Crippen molar-refractivity contribution in [1.29, 1.82) is 0 Å². The molecule has 1 aromatic carbocycles. The van der Waals surface area contributed by atoms with Crippen LogP contribution in [0.3, 0.4) is 0 Å². The van der Waals surface area contributed by atoms with Gasteiger partial charge in [-0.3, -0.25) is 0 Å². The Labute approximate surface area is 119 Å². The summed E-state index contributed by atoms with van der Waals surface area (Å²) >= 11 is 5.59. The SMILES string of the molecule is O=C(NCc1ccc(F)c(Cl)c1)NC(CCO)C(=O)O. The van der Waals surface area contributed by atoms with Crippen LogP contribution in [-0.4, -0.2) is 34.9 Å². The molecular formula is C12H14ClFN2O4. The van der Waals surface area contributed by atoms with E-state index in [0.29, 0.717) is 5.56 Å². The highest BCUT2D eigenvalue weighted by Gasteiger charge is 2.18. The van der Waals surface area contributed by atoms with Crippen LogP contribution in [-0.2, 0) is 11.3 Å². The Balaban J connectivity index is 2.50. The molecule has 0 aliphatic heterocycles. The first-order valence-electron chi connectivity index (χ1n) is 5.76. The first-order valence-corrected chi connectivity index (χ1v) is 6.13. The molecule has 1 rings (SSSR count). The summed E-state index contributed by atoms with van der Waals surface area (Å²) in [4.78, 5) is 22.3. The summed E-state index contributed by atoms with van der Waals surface area (Å²) in [5, 5.41) is 22.0. The number of carbonyl (C=O) groups excluding carboxylic acids is 1. The lowest BCUT2D eigenvalue weighted by Gasteiger charge is -2.14. The van der Waals surface area contributed by atoms with E-state index in [2.05, 4.69) is 10.6 Å². The first kappa shape index (κ1) is 16.2. The quantitative estimate of drug-likeness (QED) is 0.633. The molecule has 0 fully saturated rings. The third kappa shape index (κ3) is 5.02. The molecule has 1 atom stereocenters. The second-order valence-electron chi connectivity index (χ2n) is 3.98. The van der Waals surface area contributed by atoms with Gasteiger partial charge in [0.15, 0.2) is 0 Å². The largest absolute Gasteiger partial charge is 0.480 e. The molecule has 0 aromatic heterocycles. The molecule has 1 aromatic rings. The van der Waals surface area contributed by atoms with E-state index in [1.807, 2.05) is 0 Å². The van der Waals surface area contributed by atoms with Crippen molar-refractivity contribution < 1.29 is 24.2 Å². The summed E-state index contributed by atoms with van der Waals surface area (Å²) in [6.07, 6.45) is -0.0921. The van der Waals surface area contributed by atoms with Gasteiger partial charge in [-0.1, -0.05) is 17.7 Å². The number of hydrogen-bond donors (Lipinski definition) is 4. The van der Waals surface area contributed by atoms with E-state index in [1.165, 1.54) is 18.2 Å². The Hall–Kier alpha value is -1.86. The van der Waals surface area contributed by atoms with Gasteiger partial charge >= 0.3 is 12.0 Å². The fraction of sp³-hybridized carbons (Fsp3) is 0.333. The van der Waals surface area contributed by atoms with Gasteiger partial charge in [-0.15, -0.1) is 0 Å². The van der Waals surface area contributed by atoms with E-state index in [-0.39, 0.29) is 24.6 Å². The molecule has 2 amide bonds. The van der Waals surface area contributed by atoms with Gasteiger partial charge in [-0.2, -0.15) is 0 Å². The molecule has 6 nitrogen and oxygen atoms in total. The van der Waals surface area contributed by atoms with Crippen molar-refractivity contribution in [2.45, 2.75) is 19.0 Å². The summed E-state index contributed by atoms with van der Waals surface area (Å²) in [6.45, 7) is -0.290. The molecule has 0 radical (unpaired) electrons. The van der Waals surface area contributed by atoms with E-state index in [9.17, 15) is 14.0 Å². The zero-order valence-electron chi connectivity index (χ0n) is 10.4. The Kier molecular flexibility index (Phi) is 6.20. The van der Waals surface area contributed by atoms with Crippen LogP contribution in [0.2, 0.25) is 5.02 Å². The number of benzene rings is 1. The van der Waals surface area contributed by atoms with Crippen LogP contribution in [0.4, 0.5) is 9.18 Å². The topological polar surface area (TPSA) is 98.7 Å². The molecule has 0 saturated carbocycles. The highest BCUT2D eigenvalue weighted by atomic mass is 35.5. The summed E-state index contributed by atoms with van der Waals surface area (Å²) in [7, 11) is 0. The lowest BCUT2D eigenvalue weighted by molar-refractivity contribution is -0.139. The normalized spacial score (nSPS) is 11.8. The number of aliphatic hydroxyl groups excluding tert-OH is 1. The molecule has 110 valence electrons. The van der Waals surface area contributed by atoms with Crippen LogP contribution in [0, 0.1) is 5.82 Å². The van der Waals surface area contributed by atoms with Crippen molar-refractivity contribution in [1.82, 2.24) is 10.6 Å². The lowest BCUT2D eigenvalue weighted by Crippen LogP contribution is -2.46. The minimum atomic E-state index is -1.24. The smallest absolute Gasteiger partial charge is 0.326 e. The maximum absolute atomic E-state index is 12.9. The highest BCUT2D eigenvalue weighted by Crippen LogP contribution is 2.15. The number of hydrogen-bond acceptors (Lipinski definition) is 3. The number of carbonyl (C=O) groups is 2. The van der Waals surface area contributed by atoms with Gasteiger partial charge in [-0.25, -0.2) is 14.0 Å². The standard InChI is InChI=1S/C12H14ClFN2O4/c13-8-5-7(1-2-9(8)14)6-15-12(20)16-10(3-4-17)11(18)19/h1-2,5,10,17H,3-4,6H2,(H,18,19)(H2,15,16,20). The molecular weight excluding hydrogens is 291 g/mol. The Bertz CT molecular complexity index is 498. The van der Waals surface area contributed by atoms with Gasteiger partial charge in [0.1, 0.15) is 11.9 Å². The average Bonchev–Trinajstić information content (AvgIpc) is 2.39. The minimum Gasteiger partial charge on any atom is -0.480 e. The van der Waals surface area contributed by atoms with Crippen LogP contribution in [0.5, 0.6) is 0 Å². The third-order valence-electron chi connectivity index (χ3n) is 2.46. The zero-order valence-corrected chi connectivity index (χ0v) is 11.2. The van der Waals surface area contributed by atoms with Crippen molar-refractivity contribution in [3.05, 3.63) is 34.6 Å². The second kappa shape index (κ2) is 7.66. The summed E-state index contributed by atoms with van der Waals surface area (Å²) < 4.78 is 12.9. The van der Waals surface area contributed by atoms with Gasteiger partial charge in [0, 0.05) is 19.6 Å². The summed E-state index contributed by atoms with van der Waals surface area (Å²) in [5.41, 5.74) is 0.570. The maximum atomic E-state index is 12.9. The number of rotatable bonds is 6. The molecule has 4 N–H and O–H groups in total. The van der Waals surface area contributed by atoms with E-state index >= 15 is 0 Å². The van der Waals surface area contributed by atoms with Crippen molar-refractivity contribution in [3.8, 4) is 0 Å². The lowest BCUT2D eigenvalue weighted by atomic mass is 10.2. The Morgan fingerprint density at radius 2 is 2.10 bits per heavy atom. The average molecular weight is 305 g/mol. The van der Waals surface area contributed by atoms with E-state index in [0.717, 1.165) is 0 Å². The predicted molar refractivity (Wildman–Crippen MR) is 69.9 cm³/mol. The first-order chi connectivity index (χ1) is 9.43. The third-order valence-corrected chi connectivity index (χ3v) is 2.75. The fourth-order valence-corrected chi connectivity index (χ4v) is 1.63. The Morgan fingerprint density at radius 1 is 1.40 bits per heavy atom. The molecule has 0 heterocycles. The number of aliphatic hydroxyl groups is 1. The van der Waals surface area contributed by atoms with Crippen molar-refractivity contribution in [2.75, 3.05) is 6.61 Å². The van der Waals surface area contributed by atoms with Crippen molar-refractivity contribution >= 4 is 23.6 Å². The maximum Gasteiger partial charge on any atom is 0.326 e. The van der Waals surface area contributed by atoms with Crippen molar-refractivity contribution in [2.24, 2.45) is 0 Å². The second-order valence-corrected chi connectivity index (χ2v) is 4.39. The predicted octanol–water partition coefficient (Wildman–Crippen LogP) is 1.11. The van der Waals surface area contributed by atoms with Crippen LogP contribution in [0.15, 0.2) is 18.2 Å². The number of urea groups is 1. The van der Waals surface area contributed by atoms with E-state index in [1.54, 1.807) is 0 Å². The highest BCUT2D eigenvalue weighted by molar-refractivity contribution is 6.30. The van der Waals surface area contributed by atoms with E-state index < -0.39 is 23.9 Å². The summed E-state index contributed by atoms with van der Waals surface area (Å²) in [5.74, 6) is -1.80. The van der Waals surface area contributed by atoms with Gasteiger partial charge in [-0.05, 0) is 17.7 Å². The monoisotopic (exact) mass is 304 g/mol. The molecule has 8 heteroatoms. The summed E-state index contributed by atoms with van der Waals surface area (Å²) in [6, 6.07) is 2.11. The molecule has 0 bridgehead atoms. The van der Waals surface area contributed by atoms with Gasteiger partial charge in [0.2, 0.25) is 0 Å². The number of halogens is 2. The molecule has 0 spiro atoms. The number of amides is 2. The molecule has 1 unspecified atom stereocenters. The molecule has 20 heavy (non-hydrogen) atoms. The number of carboxylic acid groups (broad SMARTS) is 1. The minimum absolute atomic E-state index is 0.0617. The van der Waals surface area contributed by atoms with Crippen LogP contribution >= 0.6 is 11.6 Å². The van der Waals surface area contributed by atoms with Crippen LogP contribution in [0.25, 0.3) is 0 Å². The fourth-order valence-electron chi connectivity index (χ4n) is 1.43. The molecule has 0 saturated heterocycles. The molecule has 0 aliphatic carbocycles. The number of aliphatic carboxylic acids is 1. The van der Waals surface area contributed by atoms with Gasteiger partial charge in [0.05, 0.1) is 5.02 Å². The van der Waals surface area contributed by atoms with Crippen molar-refractivity contribution in [3.63, 3.8) is 0 Å². The molecule has 0 aliphatic rings. The van der Waals surface area contributed by atoms with Gasteiger partial charge < -0.3 is 20.8 Å². The van der Waals surface area contributed by atoms with Crippen LogP contribution < -0.4 is 10.6 Å². The zero-order chi connectivity index (χ0) is 15.1. The van der Waals surface area contributed by atoms with Gasteiger partial charge in [0.25, 0.3) is 0 Å². The van der Waals surface area contributed by atoms with Crippen LogP contribution in [0.1, 0.15) is 12.0 Å². The Morgan fingerprint density at radius 3 is 2.65 bits per heavy atom. The number of nitrogens with one attached hydrogen (secondary N) is 2. The number of carboxylic acids is 1.